The SMILES string of the molecule is COC1CCN(C(=O)C(C)c2cccc(N)c2)C1. The van der Waals surface area contributed by atoms with Crippen LogP contribution >= 0.6 is 0 Å². The first-order chi connectivity index (χ1) is 8.61. The molecule has 0 radical (unpaired) electrons. The maximum atomic E-state index is 12.3. The van der Waals surface area contributed by atoms with E-state index in [0.29, 0.717) is 12.2 Å². The largest absolute Gasteiger partial charge is 0.399 e. The van der Waals surface area contributed by atoms with Crippen molar-refractivity contribution in [3.8, 4) is 0 Å². The number of ether oxygens (including phenoxy) is 1. The minimum absolute atomic E-state index is 0.149. The van der Waals surface area contributed by atoms with Gasteiger partial charge < -0.3 is 15.4 Å². The number of carbonyl (C=O) groups is 1. The number of hydrogen-bond acceptors (Lipinski definition) is 3. The standard InChI is InChI=1S/C14H20N2O2/c1-10(11-4-3-5-12(15)8-11)14(17)16-7-6-13(9-16)18-2/h3-5,8,10,13H,6-7,9,15H2,1-2H3. The number of anilines is 1. The van der Waals surface area contributed by atoms with E-state index in [1.165, 1.54) is 0 Å². The fraction of sp³-hybridized carbons (Fsp3) is 0.500. The summed E-state index contributed by atoms with van der Waals surface area (Å²) in [5.74, 6) is 0.00394. The molecule has 4 heteroatoms. The minimum atomic E-state index is -0.149. The topological polar surface area (TPSA) is 55.6 Å². The summed E-state index contributed by atoms with van der Waals surface area (Å²) in [5, 5.41) is 0. The van der Waals surface area contributed by atoms with Gasteiger partial charge in [-0.05, 0) is 31.0 Å². The number of likely N-dealkylation sites (tertiary alicyclic amines) is 1. The van der Waals surface area contributed by atoms with E-state index in [2.05, 4.69) is 0 Å². The van der Waals surface area contributed by atoms with Gasteiger partial charge in [-0.3, -0.25) is 4.79 Å². The maximum absolute atomic E-state index is 12.3. The van der Waals surface area contributed by atoms with E-state index in [-0.39, 0.29) is 17.9 Å². The second-order valence-electron chi connectivity index (χ2n) is 4.82. The number of rotatable bonds is 3. The van der Waals surface area contributed by atoms with Gasteiger partial charge in [0.05, 0.1) is 12.0 Å². The molecule has 1 aliphatic rings. The molecule has 2 N–H and O–H groups in total. The Bertz CT molecular complexity index is 434. The van der Waals surface area contributed by atoms with E-state index in [1.807, 2.05) is 36.1 Å². The Kier molecular flexibility index (Phi) is 3.87. The summed E-state index contributed by atoms with van der Waals surface area (Å²) < 4.78 is 5.28. The molecule has 18 heavy (non-hydrogen) atoms. The molecule has 1 amide bonds. The van der Waals surface area contributed by atoms with Crippen LogP contribution in [-0.4, -0.2) is 37.1 Å². The molecule has 98 valence electrons. The van der Waals surface area contributed by atoms with Gasteiger partial charge in [0.2, 0.25) is 5.91 Å². The lowest BCUT2D eigenvalue weighted by Gasteiger charge is -2.21. The van der Waals surface area contributed by atoms with Gasteiger partial charge in [-0.1, -0.05) is 12.1 Å². The molecule has 0 saturated carbocycles. The van der Waals surface area contributed by atoms with Gasteiger partial charge in [-0.2, -0.15) is 0 Å². The van der Waals surface area contributed by atoms with E-state index < -0.39 is 0 Å². The summed E-state index contributed by atoms with van der Waals surface area (Å²) in [5.41, 5.74) is 7.42. The van der Waals surface area contributed by atoms with Gasteiger partial charge in [0, 0.05) is 25.9 Å². The van der Waals surface area contributed by atoms with Gasteiger partial charge in [0.15, 0.2) is 0 Å². The Morgan fingerprint density at radius 3 is 2.94 bits per heavy atom. The lowest BCUT2D eigenvalue weighted by atomic mass is 9.99. The molecule has 2 rings (SSSR count). The number of benzene rings is 1. The van der Waals surface area contributed by atoms with Crippen LogP contribution < -0.4 is 5.73 Å². The number of nitrogen functional groups attached to an aromatic ring is 1. The zero-order valence-electron chi connectivity index (χ0n) is 10.9. The van der Waals surface area contributed by atoms with Crippen LogP contribution in [0.5, 0.6) is 0 Å². The Hall–Kier alpha value is -1.55. The van der Waals surface area contributed by atoms with E-state index in [4.69, 9.17) is 10.5 Å². The molecule has 0 aromatic heterocycles. The molecule has 4 nitrogen and oxygen atoms in total. The summed E-state index contributed by atoms with van der Waals surface area (Å²) in [6.45, 7) is 3.41. The molecule has 2 atom stereocenters. The molecular weight excluding hydrogens is 228 g/mol. The molecule has 1 fully saturated rings. The molecule has 1 heterocycles. The smallest absolute Gasteiger partial charge is 0.229 e. The first-order valence-electron chi connectivity index (χ1n) is 6.29. The van der Waals surface area contributed by atoms with Crippen molar-refractivity contribution < 1.29 is 9.53 Å². The predicted octanol–water partition coefficient (Wildman–Crippen LogP) is 1.62. The zero-order chi connectivity index (χ0) is 13.1. The average molecular weight is 248 g/mol. The third-order valence-corrected chi connectivity index (χ3v) is 3.57. The highest BCUT2D eigenvalue weighted by atomic mass is 16.5. The maximum Gasteiger partial charge on any atom is 0.229 e. The number of methoxy groups -OCH3 is 1. The van der Waals surface area contributed by atoms with Crippen molar-refractivity contribution in [2.24, 2.45) is 0 Å². The van der Waals surface area contributed by atoms with Crippen LogP contribution in [0.25, 0.3) is 0 Å². The first kappa shape index (κ1) is 12.9. The average Bonchev–Trinajstić information content (AvgIpc) is 2.85. The van der Waals surface area contributed by atoms with E-state index in [0.717, 1.165) is 18.5 Å². The number of amides is 1. The fourth-order valence-corrected chi connectivity index (χ4v) is 2.37. The number of hydrogen-bond donors (Lipinski definition) is 1. The molecule has 1 aliphatic heterocycles. The zero-order valence-corrected chi connectivity index (χ0v) is 10.9. The highest BCUT2D eigenvalue weighted by Gasteiger charge is 2.29. The Balaban J connectivity index is 2.05. The lowest BCUT2D eigenvalue weighted by molar-refractivity contribution is -0.131. The predicted molar refractivity (Wildman–Crippen MR) is 71.3 cm³/mol. The fourth-order valence-electron chi connectivity index (χ4n) is 2.37. The second kappa shape index (κ2) is 5.40. The van der Waals surface area contributed by atoms with E-state index >= 15 is 0 Å². The molecule has 1 saturated heterocycles. The highest BCUT2D eigenvalue weighted by molar-refractivity contribution is 5.83. The quantitative estimate of drug-likeness (QED) is 0.827. The molecule has 0 spiro atoms. The van der Waals surface area contributed by atoms with Gasteiger partial charge in [0.25, 0.3) is 0 Å². The van der Waals surface area contributed by atoms with E-state index in [1.54, 1.807) is 7.11 Å². The van der Waals surface area contributed by atoms with Crippen molar-refractivity contribution in [2.45, 2.75) is 25.4 Å². The molecule has 0 aliphatic carbocycles. The lowest BCUT2D eigenvalue weighted by Crippen LogP contribution is -2.33. The van der Waals surface area contributed by atoms with Gasteiger partial charge in [-0.15, -0.1) is 0 Å². The van der Waals surface area contributed by atoms with Gasteiger partial charge in [-0.25, -0.2) is 0 Å². The summed E-state index contributed by atoms with van der Waals surface area (Å²) in [6, 6.07) is 7.53. The third kappa shape index (κ3) is 2.64. The van der Waals surface area contributed by atoms with Gasteiger partial charge in [0.1, 0.15) is 0 Å². The molecule has 1 aromatic carbocycles. The van der Waals surface area contributed by atoms with Crippen LogP contribution in [-0.2, 0) is 9.53 Å². The number of nitrogens with two attached hydrogens (primary N) is 1. The number of nitrogens with zero attached hydrogens (tertiary/aromatic N) is 1. The van der Waals surface area contributed by atoms with Crippen LogP contribution in [0.3, 0.4) is 0 Å². The van der Waals surface area contributed by atoms with E-state index in [9.17, 15) is 4.79 Å². The van der Waals surface area contributed by atoms with Crippen LogP contribution in [0.4, 0.5) is 5.69 Å². The second-order valence-corrected chi connectivity index (χ2v) is 4.82. The monoisotopic (exact) mass is 248 g/mol. The molecular formula is C14H20N2O2. The first-order valence-corrected chi connectivity index (χ1v) is 6.29. The van der Waals surface area contributed by atoms with Crippen molar-refractivity contribution in [2.75, 3.05) is 25.9 Å². The highest BCUT2D eigenvalue weighted by Crippen LogP contribution is 2.23. The molecule has 1 aromatic rings. The Labute approximate surface area is 108 Å². The minimum Gasteiger partial charge on any atom is -0.399 e. The van der Waals surface area contributed by atoms with Crippen LogP contribution in [0.1, 0.15) is 24.8 Å². The van der Waals surface area contributed by atoms with Crippen molar-refractivity contribution in [1.82, 2.24) is 4.90 Å². The normalized spacial score (nSPS) is 21.0. The molecule has 0 bridgehead atoms. The van der Waals surface area contributed by atoms with Crippen LogP contribution in [0.2, 0.25) is 0 Å². The third-order valence-electron chi connectivity index (χ3n) is 3.57. The summed E-state index contributed by atoms with van der Waals surface area (Å²) in [6.07, 6.45) is 1.10. The number of carbonyl (C=O) groups excluding carboxylic acids is 1. The van der Waals surface area contributed by atoms with Crippen molar-refractivity contribution in [1.29, 1.82) is 0 Å². The van der Waals surface area contributed by atoms with Crippen molar-refractivity contribution in [3.63, 3.8) is 0 Å². The van der Waals surface area contributed by atoms with Gasteiger partial charge >= 0.3 is 0 Å². The summed E-state index contributed by atoms with van der Waals surface area (Å²) >= 11 is 0. The van der Waals surface area contributed by atoms with Crippen LogP contribution in [0, 0.1) is 0 Å². The van der Waals surface area contributed by atoms with Crippen molar-refractivity contribution >= 4 is 11.6 Å². The van der Waals surface area contributed by atoms with Crippen molar-refractivity contribution in [3.05, 3.63) is 29.8 Å². The Morgan fingerprint density at radius 1 is 1.56 bits per heavy atom. The summed E-state index contributed by atoms with van der Waals surface area (Å²) in [7, 11) is 1.69. The summed E-state index contributed by atoms with van der Waals surface area (Å²) in [4.78, 5) is 14.2. The Morgan fingerprint density at radius 2 is 2.33 bits per heavy atom. The molecule has 2 unspecified atom stereocenters. The van der Waals surface area contributed by atoms with Crippen LogP contribution in [0.15, 0.2) is 24.3 Å².